The standard InChI is InChI=1S/C18H19Cl2N3O/c1-4-16(15-11-14(20)9-10-17(15)21-2)22-23(3)18(24)12-5-7-13(19)8-6-12/h5-11,21H,4H2,1-3H3/b22-16+. The van der Waals surface area contributed by atoms with Crippen molar-refractivity contribution in [2.75, 3.05) is 19.4 Å². The predicted octanol–water partition coefficient (Wildman–Crippen LogP) is 4.92. The van der Waals surface area contributed by atoms with Crippen LogP contribution >= 0.6 is 23.2 Å². The first kappa shape index (κ1) is 18.3. The maximum absolute atomic E-state index is 12.5. The highest BCUT2D eigenvalue weighted by atomic mass is 35.5. The van der Waals surface area contributed by atoms with Gasteiger partial charge in [0.1, 0.15) is 0 Å². The smallest absolute Gasteiger partial charge is 0.273 e. The van der Waals surface area contributed by atoms with Gasteiger partial charge < -0.3 is 5.32 Å². The number of hydrogen-bond acceptors (Lipinski definition) is 3. The highest BCUT2D eigenvalue weighted by molar-refractivity contribution is 6.31. The van der Waals surface area contributed by atoms with Crippen LogP contribution in [0.3, 0.4) is 0 Å². The molecule has 24 heavy (non-hydrogen) atoms. The van der Waals surface area contributed by atoms with Crippen LogP contribution in [0.2, 0.25) is 10.0 Å². The van der Waals surface area contributed by atoms with Gasteiger partial charge in [0.05, 0.1) is 5.71 Å². The van der Waals surface area contributed by atoms with E-state index in [4.69, 9.17) is 23.2 Å². The quantitative estimate of drug-likeness (QED) is 0.605. The van der Waals surface area contributed by atoms with Gasteiger partial charge in [-0.15, -0.1) is 0 Å². The third-order valence-electron chi connectivity index (χ3n) is 3.55. The molecule has 0 bridgehead atoms. The van der Waals surface area contributed by atoms with E-state index in [1.807, 2.05) is 32.2 Å². The van der Waals surface area contributed by atoms with Gasteiger partial charge in [0.15, 0.2) is 0 Å². The third-order valence-corrected chi connectivity index (χ3v) is 4.04. The lowest BCUT2D eigenvalue weighted by molar-refractivity contribution is 0.0799. The summed E-state index contributed by atoms with van der Waals surface area (Å²) in [6.45, 7) is 1.99. The summed E-state index contributed by atoms with van der Waals surface area (Å²) < 4.78 is 0. The largest absolute Gasteiger partial charge is 0.388 e. The summed E-state index contributed by atoms with van der Waals surface area (Å²) in [6.07, 6.45) is 0.660. The van der Waals surface area contributed by atoms with Crippen LogP contribution in [0.5, 0.6) is 0 Å². The van der Waals surface area contributed by atoms with Crippen molar-refractivity contribution in [1.29, 1.82) is 0 Å². The second kappa shape index (κ2) is 8.18. The lowest BCUT2D eigenvalue weighted by atomic mass is 10.1. The van der Waals surface area contributed by atoms with E-state index in [1.165, 1.54) is 5.01 Å². The molecule has 0 atom stereocenters. The fourth-order valence-electron chi connectivity index (χ4n) is 2.29. The van der Waals surface area contributed by atoms with E-state index in [0.717, 1.165) is 17.0 Å². The molecule has 0 aromatic heterocycles. The van der Waals surface area contributed by atoms with Crippen molar-refractivity contribution in [1.82, 2.24) is 5.01 Å². The molecule has 0 saturated carbocycles. The number of hydrogen-bond donors (Lipinski definition) is 1. The second-order valence-electron chi connectivity index (χ2n) is 5.18. The molecule has 2 rings (SSSR count). The summed E-state index contributed by atoms with van der Waals surface area (Å²) in [5.74, 6) is -0.203. The van der Waals surface area contributed by atoms with Crippen LogP contribution in [-0.4, -0.2) is 30.7 Å². The molecule has 0 heterocycles. The van der Waals surface area contributed by atoms with Gasteiger partial charge in [0, 0.05) is 41.0 Å². The summed E-state index contributed by atoms with van der Waals surface area (Å²) in [6, 6.07) is 12.3. The topological polar surface area (TPSA) is 44.7 Å². The van der Waals surface area contributed by atoms with Crippen molar-refractivity contribution in [3.63, 3.8) is 0 Å². The molecule has 0 aliphatic rings. The number of nitrogens with zero attached hydrogens (tertiary/aromatic N) is 2. The highest BCUT2D eigenvalue weighted by Crippen LogP contribution is 2.23. The van der Waals surface area contributed by atoms with E-state index in [2.05, 4.69) is 10.4 Å². The molecule has 0 spiro atoms. The predicted molar refractivity (Wildman–Crippen MR) is 101 cm³/mol. The highest BCUT2D eigenvalue weighted by Gasteiger charge is 2.14. The molecule has 0 fully saturated rings. The number of halogens is 2. The molecule has 1 amide bonds. The Labute approximate surface area is 152 Å². The molecule has 0 saturated heterocycles. The van der Waals surface area contributed by atoms with Crippen molar-refractivity contribution >= 4 is 40.5 Å². The first-order valence-corrected chi connectivity index (χ1v) is 8.30. The van der Waals surface area contributed by atoms with Crippen LogP contribution in [0.25, 0.3) is 0 Å². The van der Waals surface area contributed by atoms with E-state index >= 15 is 0 Å². The van der Waals surface area contributed by atoms with Crippen molar-refractivity contribution in [2.24, 2.45) is 5.10 Å². The van der Waals surface area contributed by atoms with Gasteiger partial charge in [-0.2, -0.15) is 5.10 Å². The number of rotatable bonds is 5. The second-order valence-corrected chi connectivity index (χ2v) is 6.05. The molecular formula is C18H19Cl2N3O. The first-order chi connectivity index (χ1) is 11.5. The van der Waals surface area contributed by atoms with Crippen LogP contribution in [-0.2, 0) is 0 Å². The van der Waals surface area contributed by atoms with Crippen LogP contribution in [0.4, 0.5) is 5.69 Å². The number of anilines is 1. The minimum absolute atomic E-state index is 0.203. The average molecular weight is 364 g/mol. The number of hydrazone groups is 1. The SMILES string of the molecule is CC/C(=N\N(C)C(=O)c1ccc(Cl)cc1)c1cc(Cl)ccc1NC. The lowest BCUT2D eigenvalue weighted by Crippen LogP contribution is -2.23. The number of nitrogens with one attached hydrogen (secondary N) is 1. The number of amides is 1. The normalized spacial score (nSPS) is 11.3. The summed E-state index contributed by atoms with van der Waals surface area (Å²) in [5, 5.41) is 10.1. The lowest BCUT2D eigenvalue weighted by Gasteiger charge is -2.16. The van der Waals surface area contributed by atoms with Gasteiger partial charge in [-0.3, -0.25) is 4.79 Å². The molecule has 2 aromatic carbocycles. The van der Waals surface area contributed by atoms with Crippen molar-refractivity contribution in [3.8, 4) is 0 Å². The minimum atomic E-state index is -0.203. The Hall–Kier alpha value is -2.04. The molecule has 6 heteroatoms. The Bertz CT molecular complexity index is 757. The van der Waals surface area contributed by atoms with E-state index in [0.29, 0.717) is 22.0 Å². The van der Waals surface area contributed by atoms with Gasteiger partial charge in [0.25, 0.3) is 5.91 Å². The molecule has 2 aromatic rings. The molecule has 126 valence electrons. The molecular weight excluding hydrogens is 345 g/mol. The van der Waals surface area contributed by atoms with Crippen LogP contribution in [0, 0.1) is 0 Å². The maximum Gasteiger partial charge on any atom is 0.273 e. The molecule has 0 aliphatic heterocycles. The summed E-state index contributed by atoms with van der Waals surface area (Å²) in [4.78, 5) is 12.5. The van der Waals surface area contributed by atoms with E-state index < -0.39 is 0 Å². The fraction of sp³-hybridized carbons (Fsp3) is 0.222. The van der Waals surface area contributed by atoms with Crippen LogP contribution in [0.15, 0.2) is 47.6 Å². The Balaban J connectivity index is 2.34. The third kappa shape index (κ3) is 4.28. The maximum atomic E-state index is 12.5. The Kier molecular flexibility index (Phi) is 6.23. The molecule has 1 N–H and O–H groups in total. The van der Waals surface area contributed by atoms with Crippen LogP contribution < -0.4 is 5.32 Å². The summed E-state index contributed by atoms with van der Waals surface area (Å²) >= 11 is 12.0. The van der Waals surface area contributed by atoms with E-state index in [-0.39, 0.29) is 5.91 Å². The van der Waals surface area contributed by atoms with Gasteiger partial charge >= 0.3 is 0 Å². The Morgan fingerprint density at radius 1 is 1.12 bits per heavy atom. The monoisotopic (exact) mass is 363 g/mol. The molecule has 0 aliphatic carbocycles. The zero-order valence-electron chi connectivity index (χ0n) is 13.8. The van der Waals surface area contributed by atoms with Gasteiger partial charge in [0.2, 0.25) is 0 Å². The Morgan fingerprint density at radius 2 is 1.75 bits per heavy atom. The number of carbonyl (C=O) groups excluding carboxylic acids is 1. The Morgan fingerprint density at radius 3 is 2.33 bits per heavy atom. The van der Waals surface area contributed by atoms with Crippen molar-refractivity contribution in [2.45, 2.75) is 13.3 Å². The van der Waals surface area contributed by atoms with Gasteiger partial charge in [-0.1, -0.05) is 30.1 Å². The molecule has 0 unspecified atom stereocenters. The van der Waals surface area contributed by atoms with Crippen molar-refractivity contribution in [3.05, 3.63) is 63.6 Å². The fourth-order valence-corrected chi connectivity index (χ4v) is 2.59. The molecule has 4 nitrogen and oxygen atoms in total. The van der Waals surface area contributed by atoms with Gasteiger partial charge in [-0.25, -0.2) is 5.01 Å². The van der Waals surface area contributed by atoms with Crippen molar-refractivity contribution < 1.29 is 4.79 Å². The van der Waals surface area contributed by atoms with E-state index in [9.17, 15) is 4.79 Å². The zero-order valence-corrected chi connectivity index (χ0v) is 15.3. The minimum Gasteiger partial charge on any atom is -0.388 e. The zero-order chi connectivity index (χ0) is 17.7. The number of benzene rings is 2. The first-order valence-electron chi connectivity index (χ1n) is 7.55. The average Bonchev–Trinajstić information content (AvgIpc) is 2.59. The van der Waals surface area contributed by atoms with Crippen LogP contribution in [0.1, 0.15) is 29.3 Å². The molecule has 0 radical (unpaired) electrons. The number of carbonyl (C=O) groups is 1. The summed E-state index contributed by atoms with van der Waals surface area (Å²) in [7, 11) is 3.47. The summed E-state index contributed by atoms with van der Waals surface area (Å²) in [5.41, 5.74) is 3.09. The van der Waals surface area contributed by atoms with E-state index in [1.54, 1.807) is 31.3 Å². The van der Waals surface area contributed by atoms with Gasteiger partial charge in [-0.05, 0) is 48.9 Å².